The molecule has 4 rings (SSSR count). The molecule has 6 nitrogen and oxygen atoms in total. The van der Waals surface area contributed by atoms with Gasteiger partial charge in [0.1, 0.15) is 0 Å². The van der Waals surface area contributed by atoms with Gasteiger partial charge in [-0.3, -0.25) is 9.69 Å². The van der Waals surface area contributed by atoms with Gasteiger partial charge in [-0.05, 0) is 74.9 Å². The van der Waals surface area contributed by atoms with Crippen LogP contribution in [0, 0.1) is 5.92 Å². The number of piperidine rings is 1. The van der Waals surface area contributed by atoms with E-state index in [1.54, 1.807) is 24.3 Å². The predicted molar refractivity (Wildman–Crippen MR) is 122 cm³/mol. The fraction of sp³-hybridized carbons (Fsp3) is 0.458. The van der Waals surface area contributed by atoms with E-state index in [0.29, 0.717) is 31.2 Å². The zero-order valence-electron chi connectivity index (χ0n) is 17.9. The van der Waals surface area contributed by atoms with E-state index in [-0.39, 0.29) is 10.8 Å². The third-order valence-electron chi connectivity index (χ3n) is 6.26. The average molecular weight is 442 g/mol. The second-order valence-electron chi connectivity index (χ2n) is 8.60. The first-order chi connectivity index (χ1) is 15.0. The maximum Gasteiger partial charge on any atom is 0.243 e. The van der Waals surface area contributed by atoms with E-state index in [1.165, 1.54) is 9.87 Å². The first kappa shape index (κ1) is 22.0. The van der Waals surface area contributed by atoms with Gasteiger partial charge in [-0.15, -0.1) is 0 Å². The molecule has 0 saturated carbocycles. The van der Waals surface area contributed by atoms with E-state index in [1.807, 2.05) is 6.07 Å². The van der Waals surface area contributed by atoms with E-state index in [2.05, 4.69) is 34.5 Å². The number of rotatable bonds is 7. The fourth-order valence-corrected chi connectivity index (χ4v) is 6.08. The lowest BCUT2D eigenvalue weighted by molar-refractivity contribution is -0.117. The molecule has 0 spiro atoms. The van der Waals surface area contributed by atoms with Gasteiger partial charge in [0.25, 0.3) is 0 Å². The van der Waals surface area contributed by atoms with Gasteiger partial charge in [0.05, 0.1) is 11.4 Å². The van der Waals surface area contributed by atoms with Gasteiger partial charge in [0, 0.05) is 18.8 Å². The maximum absolute atomic E-state index is 12.8. The smallest absolute Gasteiger partial charge is 0.243 e. The lowest BCUT2D eigenvalue weighted by Gasteiger charge is -2.31. The molecule has 31 heavy (non-hydrogen) atoms. The minimum atomic E-state index is -3.48. The summed E-state index contributed by atoms with van der Waals surface area (Å²) in [6.07, 6.45) is 5.08. The van der Waals surface area contributed by atoms with Crippen LogP contribution < -0.4 is 5.32 Å². The van der Waals surface area contributed by atoms with Crippen molar-refractivity contribution in [3.05, 3.63) is 60.2 Å². The van der Waals surface area contributed by atoms with Gasteiger partial charge in [0.15, 0.2) is 0 Å². The monoisotopic (exact) mass is 441 g/mol. The zero-order chi connectivity index (χ0) is 21.7. The molecule has 1 N–H and O–H groups in total. The molecule has 0 unspecified atom stereocenters. The number of carbonyl (C=O) groups excluding carboxylic acids is 1. The lowest BCUT2D eigenvalue weighted by Crippen LogP contribution is -2.39. The van der Waals surface area contributed by atoms with Crippen LogP contribution in [0.5, 0.6) is 0 Å². The Morgan fingerprint density at radius 3 is 2.35 bits per heavy atom. The quantitative estimate of drug-likeness (QED) is 0.715. The number of hydrogen-bond acceptors (Lipinski definition) is 4. The molecule has 0 aromatic heterocycles. The van der Waals surface area contributed by atoms with Gasteiger partial charge in [-0.25, -0.2) is 8.42 Å². The summed E-state index contributed by atoms with van der Waals surface area (Å²) in [5.74, 6) is 0.561. The number of likely N-dealkylation sites (tertiary alicyclic amines) is 1. The number of carbonyl (C=O) groups is 1. The SMILES string of the molecule is O=C(CN1CCC(Cc2ccccc2)CC1)Nc1cccc(S(=O)(=O)N2CCCC2)c1. The van der Waals surface area contributed by atoms with E-state index in [4.69, 9.17) is 0 Å². The summed E-state index contributed by atoms with van der Waals surface area (Å²) in [5.41, 5.74) is 1.91. The van der Waals surface area contributed by atoms with Gasteiger partial charge in [0.2, 0.25) is 15.9 Å². The summed E-state index contributed by atoms with van der Waals surface area (Å²) in [4.78, 5) is 15.0. The summed E-state index contributed by atoms with van der Waals surface area (Å²) in [6.45, 7) is 3.29. The molecule has 2 aromatic carbocycles. The number of anilines is 1. The van der Waals surface area contributed by atoms with Crippen molar-refractivity contribution in [1.29, 1.82) is 0 Å². The average Bonchev–Trinajstić information content (AvgIpc) is 3.32. The van der Waals surface area contributed by atoms with Crippen LogP contribution >= 0.6 is 0 Å². The Balaban J connectivity index is 1.28. The highest BCUT2D eigenvalue weighted by Gasteiger charge is 2.27. The molecule has 0 aliphatic carbocycles. The van der Waals surface area contributed by atoms with Crippen LogP contribution in [-0.4, -0.2) is 56.3 Å². The third kappa shape index (κ3) is 5.73. The topological polar surface area (TPSA) is 69.7 Å². The van der Waals surface area contributed by atoms with Crippen molar-refractivity contribution in [3.63, 3.8) is 0 Å². The van der Waals surface area contributed by atoms with Crippen LogP contribution in [0.25, 0.3) is 0 Å². The molecule has 2 aliphatic rings. The van der Waals surface area contributed by atoms with Crippen molar-refractivity contribution in [2.24, 2.45) is 5.92 Å². The summed E-state index contributed by atoms with van der Waals surface area (Å²) in [6, 6.07) is 17.2. The minimum absolute atomic E-state index is 0.0998. The third-order valence-corrected chi connectivity index (χ3v) is 8.16. The van der Waals surface area contributed by atoms with E-state index >= 15 is 0 Å². The summed E-state index contributed by atoms with van der Waals surface area (Å²) in [5, 5.41) is 2.88. The van der Waals surface area contributed by atoms with E-state index in [9.17, 15) is 13.2 Å². The van der Waals surface area contributed by atoms with Crippen LogP contribution in [0.15, 0.2) is 59.5 Å². The van der Waals surface area contributed by atoms with Crippen molar-refractivity contribution in [2.75, 3.05) is 38.0 Å². The Bertz CT molecular complexity index is 980. The number of nitrogens with one attached hydrogen (secondary N) is 1. The molecule has 0 radical (unpaired) electrons. The highest BCUT2D eigenvalue weighted by molar-refractivity contribution is 7.89. The van der Waals surface area contributed by atoms with E-state index < -0.39 is 10.0 Å². The minimum Gasteiger partial charge on any atom is -0.325 e. The van der Waals surface area contributed by atoms with Crippen molar-refractivity contribution in [1.82, 2.24) is 9.21 Å². The Kier molecular flexibility index (Phi) is 7.05. The van der Waals surface area contributed by atoms with E-state index in [0.717, 1.165) is 45.2 Å². The Hall–Kier alpha value is -2.22. The normalized spacial score (nSPS) is 18.8. The fourth-order valence-electron chi connectivity index (χ4n) is 4.51. The van der Waals surface area contributed by atoms with Gasteiger partial charge in [-0.1, -0.05) is 36.4 Å². The highest BCUT2D eigenvalue weighted by Crippen LogP contribution is 2.24. The molecule has 0 atom stereocenters. The molecular formula is C24H31N3O3S. The summed E-state index contributed by atoms with van der Waals surface area (Å²) in [7, 11) is -3.48. The number of amides is 1. The zero-order valence-corrected chi connectivity index (χ0v) is 18.7. The largest absolute Gasteiger partial charge is 0.325 e. The van der Waals surface area contributed by atoms with Gasteiger partial charge in [-0.2, -0.15) is 4.31 Å². The number of hydrogen-bond donors (Lipinski definition) is 1. The number of benzene rings is 2. The molecule has 1 amide bonds. The Morgan fingerprint density at radius 1 is 0.935 bits per heavy atom. The van der Waals surface area contributed by atoms with Gasteiger partial charge >= 0.3 is 0 Å². The van der Waals surface area contributed by atoms with Crippen LogP contribution in [0.2, 0.25) is 0 Å². The van der Waals surface area contributed by atoms with Crippen LogP contribution in [0.1, 0.15) is 31.2 Å². The van der Waals surface area contributed by atoms with Crippen molar-refractivity contribution < 1.29 is 13.2 Å². The molecule has 0 bridgehead atoms. The van der Waals surface area contributed by atoms with Crippen molar-refractivity contribution >= 4 is 21.6 Å². The maximum atomic E-state index is 12.8. The predicted octanol–water partition coefficient (Wildman–Crippen LogP) is 3.36. The molecule has 2 fully saturated rings. The second kappa shape index (κ2) is 9.94. The molecule has 2 saturated heterocycles. The molecule has 2 aliphatic heterocycles. The molecule has 7 heteroatoms. The standard InChI is InChI=1S/C24H31N3O3S/c28-24(19-26-15-11-21(12-16-26)17-20-7-2-1-3-8-20)25-22-9-6-10-23(18-22)31(29,30)27-13-4-5-14-27/h1-3,6-10,18,21H,4-5,11-17,19H2,(H,25,28). The van der Waals surface area contributed by atoms with Crippen LogP contribution in [0.4, 0.5) is 5.69 Å². The first-order valence-electron chi connectivity index (χ1n) is 11.2. The number of nitrogens with zero attached hydrogens (tertiary/aromatic N) is 2. The first-order valence-corrected chi connectivity index (χ1v) is 12.6. The van der Waals surface area contributed by atoms with Gasteiger partial charge < -0.3 is 5.32 Å². The van der Waals surface area contributed by atoms with Crippen molar-refractivity contribution in [2.45, 2.75) is 37.0 Å². The molecule has 2 heterocycles. The summed E-state index contributed by atoms with van der Waals surface area (Å²) < 4.78 is 27.0. The molecule has 2 aromatic rings. The Morgan fingerprint density at radius 2 is 1.65 bits per heavy atom. The highest BCUT2D eigenvalue weighted by atomic mass is 32.2. The molecule has 166 valence electrons. The summed E-state index contributed by atoms with van der Waals surface area (Å²) >= 11 is 0. The molecular weight excluding hydrogens is 410 g/mol. The Labute approximate surface area is 185 Å². The van der Waals surface area contributed by atoms with Crippen molar-refractivity contribution in [3.8, 4) is 0 Å². The van der Waals surface area contributed by atoms with Crippen LogP contribution in [0.3, 0.4) is 0 Å². The lowest BCUT2D eigenvalue weighted by atomic mass is 9.90. The number of sulfonamides is 1. The second-order valence-corrected chi connectivity index (χ2v) is 10.5. The van der Waals surface area contributed by atoms with Crippen LogP contribution in [-0.2, 0) is 21.2 Å².